The number of carbonyl (C=O) groups is 2. The number of rotatable bonds is 6. The van der Waals surface area contributed by atoms with Crippen LogP contribution in [-0.4, -0.2) is 30.0 Å². The molecule has 0 aromatic rings. The van der Waals surface area contributed by atoms with Crippen molar-refractivity contribution in [1.82, 2.24) is 0 Å². The number of halogens is 1. The fourth-order valence-corrected chi connectivity index (χ4v) is 1.00. The first-order valence-electron chi connectivity index (χ1n) is 5.32. The van der Waals surface area contributed by atoms with E-state index in [9.17, 15) is 9.59 Å². The lowest BCUT2D eigenvalue weighted by molar-refractivity contribution is -0.154. The molecule has 0 atom stereocenters. The van der Waals surface area contributed by atoms with E-state index in [4.69, 9.17) is 9.47 Å². The van der Waals surface area contributed by atoms with Crippen LogP contribution in [0, 0.1) is 11.8 Å². The van der Waals surface area contributed by atoms with Gasteiger partial charge in [0.1, 0.15) is 0 Å². The molecule has 16 heavy (non-hydrogen) atoms. The van der Waals surface area contributed by atoms with Crippen LogP contribution in [0.1, 0.15) is 27.7 Å². The van der Waals surface area contributed by atoms with E-state index >= 15 is 0 Å². The minimum absolute atomic E-state index is 0.246. The van der Waals surface area contributed by atoms with E-state index < -0.39 is 16.8 Å². The Hall–Kier alpha value is -0.580. The number of esters is 2. The Balaban J connectivity index is 3.97. The van der Waals surface area contributed by atoms with Crippen molar-refractivity contribution in [3.8, 4) is 0 Å². The van der Waals surface area contributed by atoms with Gasteiger partial charge in [-0.2, -0.15) is 0 Å². The van der Waals surface area contributed by atoms with E-state index in [-0.39, 0.29) is 11.8 Å². The van der Waals surface area contributed by atoms with Gasteiger partial charge < -0.3 is 9.47 Å². The highest BCUT2D eigenvalue weighted by molar-refractivity contribution is 9.10. The van der Waals surface area contributed by atoms with E-state index in [0.29, 0.717) is 13.2 Å². The monoisotopic (exact) mass is 294 g/mol. The SMILES string of the molecule is CC(C)COC(=O)C(Br)C(=O)OCC(C)C. The van der Waals surface area contributed by atoms with Crippen LogP contribution < -0.4 is 0 Å². The zero-order valence-electron chi connectivity index (χ0n) is 10.2. The lowest BCUT2D eigenvalue weighted by atomic mass is 10.2. The molecule has 0 rings (SSSR count). The van der Waals surface area contributed by atoms with Crippen molar-refractivity contribution >= 4 is 27.9 Å². The second-order valence-corrected chi connectivity index (χ2v) is 5.33. The summed E-state index contributed by atoms with van der Waals surface area (Å²) in [5, 5.41) is 0. The van der Waals surface area contributed by atoms with Crippen molar-refractivity contribution in [2.45, 2.75) is 32.5 Å². The van der Waals surface area contributed by atoms with Crippen LogP contribution in [0.5, 0.6) is 0 Å². The van der Waals surface area contributed by atoms with E-state index in [2.05, 4.69) is 15.9 Å². The van der Waals surface area contributed by atoms with E-state index in [0.717, 1.165) is 0 Å². The molecule has 0 aromatic carbocycles. The molecule has 0 radical (unpaired) electrons. The molecule has 94 valence electrons. The van der Waals surface area contributed by atoms with Crippen molar-refractivity contribution in [1.29, 1.82) is 0 Å². The number of alkyl halides is 1. The largest absolute Gasteiger partial charge is 0.464 e. The molecular weight excluding hydrogens is 276 g/mol. The molecule has 0 amide bonds. The van der Waals surface area contributed by atoms with Gasteiger partial charge in [-0.15, -0.1) is 0 Å². The van der Waals surface area contributed by atoms with Crippen LogP contribution in [0.2, 0.25) is 0 Å². The molecule has 5 heteroatoms. The average molecular weight is 295 g/mol. The summed E-state index contributed by atoms with van der Waals surface area (Å²) in [6, 6.07) is 0. The molecule has 0 unspecified atom stereocenters. The predicted molar refractivity (Wildman–Crippen MR) is 64.3 cm³/mol. The van der Waals surface area contributed by atoms with Crippen LogP contribution in [-0.2, 0) is 19.1 Å². The molecule has 0 fully saturated rings. The maximum Gasteiger partial charge on any atom is 0.331 e. The molecule has 0 heterocycles. The molecule has 0 aliphatic carbocycles. The maximum absolute atomic E-state index is 11.4. The topological polar surface area (TPSA) is 52.6 Å². The molecule has 0 aliphatic rings. The Morgan fingerprint density at radius 2 is 1.25 bits per heavy atom. The summed E-state index contributed by atoms with van der Waals surface area (Å²) >= 11 is 2.96. The summed E-state index contributed by atoms with van der Waals surface area (Å²) in [5.41, 5.74) is 0. The Bertz CT molecular complexity index is 214. The summed E-state index contributed by atoms with van der Waals surface area (Å²) in [6.45, 7) is 8.30. The van der Waals surface area contributed by atoms with Gasteiger partial charge in [-0.3, -0.25) is 9.59 Å². The van der Waals surface area contributed by atoms with Crippen molar-refractivity contribution < 1.29 is 19.1 Å². The van der Waals surface area contributed by atoms with Crippen molar-refractivity contribution in [3.63, 3.8) is 0 Å². The third-order valence-corrected chi connectivity index (χ3v) is 2.28. The van der Waals surface area contributed by atoms with Gasteiger partial charge in [-0.1, -0.05) is 43.6 Å². The Morgan fingerprint density at radius 3 is 1.50 bits per heavy atom. The van der Waals surface area contributed by atoms with Gasteiger partial charge in [-0.25, -0.2) is 0 Å². The molecule has 0 spiro atoms. The summed E-state index contributed by atoms with van der Waals surface area (Å²) in [5.74, 6) is -0.699. The minimum atomic E-state index is -1.02. The molecular formula is C11H19BrO4. The average Bonchev–Trinajstić information content (AvgIpc) is 2.21. The molecule has 0 aromatic heterocycles. The summed E-state index contributed by atoms with van der Waals surface area (Å²) in [4.78, 5) is 21.7. The van der Waals surface area contributed by atoms with Gasteiger partial charge in [0.2, 0.25) is 4.83 Å². The van der Waals surface area contributed by atoms with Crippen molar-refractivity contribution in [2.75, 3.05) is 13.2 Å². The van der Waals surface area contributed by atoms with Crippen LogP contribution in [0.3, 0.4) is 0 Å². The molecule has 0 N–H and O–H groups in total. The number of hydrogen-bond acceptors (Lipinski definition) is 4. The first-order chi connectivity index (χ1) is 7.34. The zero-order chi connectivity index (χ0) is 12.7. The lowest BCUT2D eigenvalue weighted by Gasteiger charge is -2.12. The van der Waals surface area contributed by atoms with Crippen molar-refractivity contribution in [2.24, 2.45) is 11.8 Å². The molecule has 0 aliphatic heterocycles. The molecule has 0 saturated heterocycles. The van der Waals surface area contributed by atoms with Crippen LogP contribution in [0.15, 0.2) is 0 Å². The Kier molecular flexibility index (Phi) is 7.38. The van der Waals surface area contributed by atoms with Crippen LogP contribution in [0.25, 0.3) is 0 Å². The fraction of sp³-hybridized carbons (Fsp3) is 0.818. The maximum atomic E-state index is 11.4. The van der Waals surface area contributed by atoms with Gasteiger partial charge in [0.15, 0.2) is 0 Å². The third-order valence-electron chi connectivity index (χ3n) is 1.53. The van der Waals surface area contributed by atoms with Crippen molar-refractivity contribution in [3.05, 3.63) is 0 Å². The summed E-state index contributed by atoms with van der Waals surface area (Å²) in [6.07, 6.45) is 0. The van der Waals surface area contributed by atoms with Gasteiger partial charge in [0.25, 0.3) is 0 Å². The second kappa shape index (κ2) is 7.65. The Morgan fingerprint density at radius 1 is 0.938 bits per heavy atom. The van der Waals surface area contributed by atoms with Crippen LogP contribution >= 0.6 is 15.9 Å². The first-order valence-corrected chi connectivity index (χ1v) is 6.23. The predicted octanol–water partition coefficient (Wildman–Crippen LogP) is 2.15. The smallest absolute Gasteiger partial charge is 0.331 e. The van der Waals surface area contributed by atoms with Gasteiger partial charge in [-0.05, 0) is 11.8 Å². The third kappa shape index (κ3) is 6.82. The molecule has 4 nitrogen and oxygen atoms in total. The lowest BCUT2D eigenvalue weighted by Crippen LogP contribution is -2.30. The second-order valence-electron chi connectivity index (χ2n) is 4.41. The standard InChI is InChI=1S/C11H19BrO4/c1-7(2)5-15-10(13)9(12)11(14)16-6-8(3)4/h7-9H,5-6H2,1-4H3. The highest BCUT2D eigenvalue weighted by Crippen LogP contribution is 2.07. The number of carbonyl (C=O) groups excluding carboxylic acids is 2. The van der Waals surface area contributed by atoms with E-state index in [1.54, 1.807) is 0 Å². The molecule has 0 saturated carbocycles. The van der Waals surface area contributed by atoms with Gasteiger partial charge in [0.05, 0.1) is 13.2 Å². The Labute approximate surface area is 105 Å². The van der Waals surface area contributed by atoms with Gasteiger partial charge >= 0.3 is 11.9 Å². The first kappa shape index (κ1) is 15.4. The van der Waals surface area contributed by atoms with E-state index in [1.165, 1.54) is 0 Å². The zero-order valence-corrected chi connectivity index (χ0v) is 11.7. The highest BCUT2D eigenvalue weighted by atomic mass is 79.9. The van der Waals surface area contributed by atoms with Gasteiger partial charge in [0, 0.05) is 0 Å². The normalized spacial score (nSPS) is 11.0. The number of ether oxygens (including phenoxy) is 2. The van der Waals surface area contributed by atoms with E-state index in [1.807, 2.05) is 27.7 Å². The minimum Gasteiger partial charge on any atom is -0.464 e. The number of hydrogen-bond donors (Lipinski definition) is 0. The van der Waals surface area contributed by atoms with Crippen LogP contribution in [0.4, 0.5) is 0 Å². The quantitative estimate of drug-likeness (QED) is 0.428. The summed E-state index contributed by atoms with van der Waals surface area (Å²) in [7, 11) is 0. The fourth-order valence-electron chi connectivity index (χ4n) is 0.740. The summed E-state index contributed by atoms with van der Waals surface area (Å²) < 4.78 is 9.81. The molecule has 0 bridgehead atoms. The highest BCUT2D eigenvalue weighted by Gasteiger charge is 2.26.